The quantitative estimate of drug-likeness (QED) is 0.761. The van der Waals surface area contributed by atoms with Crippen LogP contribution in [-0.2, 0) is 26.0 Å². The summed E-state index contributed by atoms with van der Waals surface area (Å²) in [6.45, 7) is 2.72. The molecule has 0 spiro atoms. The van der Waals surface area contributed by atoms with Gasteiger partial charge in [-0.05, 0) is 42.7 Å². The minimum Gasteiger partial charge on any atom is -0.355 e. The molecule has 0 bridgehead atoms. The number of sulfonamides is 1. The minimum absolute atomic E-state index is 0.0481. The van der Waals surface area contributed by atoms with Crippen molar-refractivity contribution in [3.05, 3.63) is 59.7 Å². The van der Waals surface area contributed by atoms with Gasteiger partial charge in [-0.25, -0.2) is 13.6 Å². The van der Waals surface area contributed by atoms with E-state index in [9.17, 15) is 18.0 Å². The number of rotatable bonds is 6. The first-order chi connectivity index (χ1) is 13.3. The summed E-state index contributed by atoms with van der Waals surface area (Å²) >= 11 is 0. The van der Waals surface area contributed by atoms with E-state index in [0.717, 1.165) is 16.8 Å². The monoisotopic (exact) mass is 401 g/mol. The van der Waals surface area contributed by atoms with Crippen LogP contribution in [0.2, 0.25) is 0 Å². The van der Waals surface area contributed by atoms with Crippen molar-refractivity contribution in [2.24, 2.45) is 11.1 Å². The van der Waals surface area contributed by atoms with Crippen LogP contribution in [0.3, 0.4) is 0 Å². The van der Waals surface area contributed by atoms with Gasteiger partial charge in [-0.3, -0.25) is 9.59 Å². The Hall–Kier alpha value is -2.71. The van der Waals surface area contributed by atoms with Crippen molar-refractivity contribution in [1.29, 1.82) is 0 Å². The van der Waals surface area contributed by atoms with Crippen LogP contribution in [0, 0.1) is 12.8 Å². The van der Waals surface area contributed by atoms with Crippen LogP contribution in [0.1, 0.15) is 17.5 Å². The third kappa shape index (κ3) is 4.58. The Bertz CT molecular complexity index is 987. The molecule has 1 fully saturated rings. The van der Waals surface area contributed by atoms with E-state index in [0.29, 0.717) is 19.5 Å². The number of amides is 2. The number of primary sulfonamides is 1. The fraction of sp³-hybridized carbons (Fsp3) is 0.300. The third-order valence-corrected chi connectivity index (χ3v) is 5.80. The fourth-order valence-corrected chi connectivity index (χ4v) is 3.82. The molecule has 3 rings (SSSR count). The van der Waals surface area contributed by atoms with Gasteiger partial charge in [0.05, 0.1) is 10.8 Å². The predicted octanol–water partition coefficient (Wildman–Crippen LogP) is 1.35. The number of nitrogens with zero attached hydrogens (tertiary/aromatic N) is 1. The lowest BCUT2D eigenvalue weighted by Crippen LogP contribution is -2.34. The van der Waals surface area contributed by atoms with Gasteiger partial charge in [0, 0.05) is 25.2 Å². The maximum absolute atomic E-state index is 12.4. The zero-order valence-electron chi connectivity index (χ0n) is 15.6. The van der Waals surface area contributed by atoms with Gasteiger partial charge in [0.2, 0.25) is 21.8 Å². The lowest BCUT2D eigenvalue weighted by molar-refractivity contribution is -0.126. The van der Waals surface area contributed by atoms with E-state index in [4.69, 9.17) is 5.14 Å². The van der Waals surface area contributed by atoms with E-state index in [1.807, 2.05) is 31.2 Å². The molecule has 0 aromatic heterocycles. The number of anilines is 1. The number of nitrogens with two attached hydrogens (primary N) is 1. The minimum atomic E-state index is -3.71. The summed E-state index contributed by atoms with van der Waals surface area (Å²) < 4.78 is 22.5. The van der Waals surface area contributed by atoms with Gasteiger partial charge in [-0.1, -0.05) is 30.3 Å². The molecular weight excluding hydrogens is 378 g/mol. The number of para-hydroxylation sites is 1. The lowest BCUT2D eigenvalue weighted by atomic mass is 10.1. The summed E-state index contributed by atoms with van der Waals surface area (Å²) in [5, 5.41) is 7.94. The summed E-state index contributed by atoms with van der Waals surface area (Å²) in [6, 6.07) is 13.9. The van der Waals surface area contributed by atoms with Crippen LogP contribution >= 0.6 is 0 Å². The van der Waals surface area contributed by atoms with Crippen LogP contribution in [-0.4, -0.2) is 33.3 Å². The highest BCUT2D eigenvalue weighted by molar-refractivity contribution is 7.89. The summed E-state index contributed by atoms with van der Waals surface area (Å²) in [5.74, 6) is -0.574. The second-order valence-electron chi connectivity index (χ2n) is 6.92. The zero-order chi connectivity index (χ0) is 20.3. The Balaban J connectivity index is 1.53. The van der Waals surface area contributed by atoms with Crippen LogP contribution in [0.25, 0.3) is 0 Å². The largest absolute Gasteiger partial charge is 0.355 e. The average molecular weight is 401 g/mol. The van der Waals surface area contributed by atoms with Gasteiger partial charge in [0.1, 0.15) is 0 Å². The van der Waals surface area contributed by atoms with Crippen LogP contribution in [0.15, 0.2) is 53.4 Å². The van der Waals surface area contributed by atoms with Crippen molar-refractivity contribution < 1.29 is 18.0 Å². The van der Waals surface area contributed by atoms with Crippen molar-refractivity contribution in [2.75, 3.05) is 18.0 Å². The number of benzene rings is 2. The van der Waals surface area contributed by atoms with Crippen LogP contribution in [0.4, 0.5) is 5.69 Å². The van der Waals surface area contributed by atoms with Gasteiger partial charge in [0.25, 0.3) is 0 Å². The highest BCUT2D eigenvalue weighted by Crippen LogP contribution is 2.27. The van der Waals surface area contributed by atoms with Crippen LogP contribution < -0.4 is 15.4 Å². The fourth-order valence-electron chi connectivity index (χ4n) is 3.30. The third-order valence-electron chi connectivity index (χ3n) is 4.87. The Morgan fingerprint density at radius 3 is 2.50 bits per heavy atom. The summed E-state index contributed by atoms with van der Waals surface area (Å²) in [6.07, 6.45) is 0.752. The molecule has 0 unspecified atom stereocenters. The van der Waals surface area contributed by atoms with Gasteiger partial charge in [-0.2, -0.15) is 0 Å². The van der Waals surface area contributed by atoms with Crippen molar-refractivity contribution in [3.8, 4) is 0 Å². The molecule has 8 heteroatoms. The van der Waals surface area contributed by atoms with Crippen molar-refractivity contribution >= 4 is 27.5 Å². The highest BCUT2D eigenvalue weighted by Gasteiger charge is 2.35. The summed E-state index contributed by atoms with van der Waals surface area (Å²) in [4.78, 5) is 26.5. The van der Waals surface area contributed by atoms with Gasteiger partial charge in [-0.15, -0.1) is 0 Å². The van der Waals surface area contributed by atoms with Crippen LogP contribution in [0.5, 0.6) is 0 Å². The number of carbonyl (C=O) groups excluding carboxylic acids is 2. The molecule has 2 amide bonds. The highest BCUT2D eigenvalue weighted by atomic mass is 32.2. The molecular formula is C20H23N3O4S. The topological polar surface area (TPSA) is 110 Å². The second-order valence-corrected chi connectivity index (χ2v) is 8.48. The Labute approximate surface area is 164 Å². The Morgan fingerprint density at radius 2 is 1.86 bits per heavy atom. The van der Waals surface area contributed by atoms with E-state index in [2.05, 4.69) is 5.32 Å². The lowest BCUT2D eigenvalue weighted by Gasteiger charge is -2.19. The standard InChI is InChI=1S/C20H23N3O4S/c1-14-4-2-3-5-18(14)23-13-16(12-19(23)24)20(25)22-11-10-15-6-8-17(9-7-15)28(21,26)27/h2-9,16H,10-13H2,1H3,(H,22,25)(H2,21,26,27)/t16-/m1/s1. The molecule has 0 radical (unpaired) electrons. The molecule has 1 heterocycles. The molecule has 1 atom stereocenters. The smallest absolute Gasteiger partial charge is 0.238 e. The van der Waals surface area contributed by atoms with E-state index in [-0.39, 0.29) is 29.0 Å². The number of carbonyl (C=O) groups is 2. The maximum Gasteiger partial charge on any atom is 0.238 e. The number of aryl methyl sites for hydroxylation is 1. The van der Waals surface area contributed by atoms with E-state index in [1.165, 1.54) is 12.1 Å². The predicted molar refractivity (Wildman–Crippen MR) is 106 cm³/mol. The first-order valence-electron chi connectivity index (χ1n) is 9.01. The molecule has 3 N–H and O–H groups in total. The molecule has 148 valence electrons. The Morgan fingerprint density at radius 1 is 1.18 bits per heavy atom. The molecule has 7 nitrogen and oxygen atoms in total. The number of nitrogens with one attached hydrogen (secondary N) is 1. The van der Waals surface area contributed by atoms with Crippen molar-refractivity contribution in [3.63, 3.8) is 0 Å². The first kappa shape index (κ1) is 20.0. The van der Waals surface area contributed by atoms with Gasteiger partial charge in [0.15, 0.2) is 0 Å². The number of hydrogen-bond donors (Lipinski definition) is 2. The molecule has 1 aliphatic rings. The van der Waals surface area contributed by atoms with Gasteiger partial charge < -0.3 is 10.2 Å². The molecule has 2 aromatic carbocycles. The van der Waals surface area contributed by atoms with E-state index >= 15 is 0 Å². The van der Waals surface area contributed by atoms with Gasteiger partial charge >= 0.3 is 0 Å². The molecule has 0 aliphatic carbocycles. The normalized spacial score (nSPS) is 17.0. The van der Waals surface area contributed by atoms with E-state index in [1.54, 1.807) is 17.0 Å². The first-order valence-corrected chi connectivity index (χ1v) is 10.6. The van der Waals surface area contributed by atoms with E-state index < -0.39 is 10.0 Å². The zero-order valence-corrected chi connectivity index (χ0v) is 16.4. The second kappa shape index (κ2) is 8.12. The Kier molecular flexibility index (Phi) is 5.81. The molecule has 2 aromatic rings. The molecule has 1 saturated heterocycles. The SMILES string of the molecule is Cc1ccccc1N1C[C@H](C(=O)NCCc2ccc(S(N)(=O)=O)cc2)CC1=O. The number of hydrogen-bond acceptors (Lipinski definition) is 4. The molecule has 0 saturated carbocycles. The van der Waals surface area contributed by atoms with Crippen molar-refractivity contribution in [1.82, 2.24) is 5.32 Å². The maximum atomic E-state index is 12.4. The average Bonchev–Trinajstić information content (AvgIpc) is 3.03. The summed E-state index contributed by atoms with van der Waals surface area (Å²) in [7, 11) is -3.71. The molecule has 1 aliphatic heterocycles. The van der Waals surface area contributed by atoms with Crippen molar-refractivity contribution in [2.45, 2.75) is 24.7 Å². The molecule has 28 heavy (non-hydrogen) atoms. The summed E-state index contributed by atoms with van der Waals surface area (Å²) in [5.41, 5.74) is 2.73.